The van der Waals surface area contributed by atoms with Gasteiger partial charge in [-0.3, -0.25) is 4.99 Å². The van der Waals surface area contributed by atoms with Crippen molar-refractivity contribution in [3.8, 4) is 0 Å². The third-order valence-corrected chi connectivity index (χ3v) is 4.18. The van der Waals surface area contributed by atoms with Crippen LogP contribution in [0.1, 0.15) is 17.2 Å². The molecule has 0 aromatic heterocycles. The Balaban J connectivity index is 0.000000232. The number of aliphatic imine (C=N–C) groups is 1. The Morgan fingerprint density at radius 2 is 1.86 bits per heavy atom. The molecule has 0 spiro atoms. The monoisotopic (exact) mass is 308 g/mol. The van der Waals surface area contributed by atoms with Crippen LogP contribution in [0.2, 0.25) is 0 Å². The van der Waals surface area contributed by atoms with Crippen LogP contribution < -0.4 is 0 Å². The van der Waals surface area contributed by atoms with E-state index in [4.69, 9.17) is 24.8 Å². The summed E-state index contributed by atoms with van der Waals surface area (Å²) in [6.45, 7) is 4.37. The van der Waals surface area contributed by atoms with Crippen molar-refractivity contribution in [1.82, 2.24) is 4.90 Å². The van der Waals surface area contributed by atoms with Gasteiger partial charge in [-0.05, 0) is 12.5 Å². The van der Waals surface area contributed by atoms with Gasteiger partial charge in [-0.1, -0.05) is 41.6 Å². The average molecular weight is 308 g/mol. The van der Waals surface area contributed by atoms with Gasteiger partial charge >= 0.3 is 11.9 Å². The molecule has 1 saturated heterocycles. The highest BCUT2D eigenvalue weighted by Crippen LogP contribution is 2.32. The molecular formula is C14H16N2O4S. The zero-order valence-electron chi connectivity index (χ0n) is 11.5. The first-order chi connectivity index (χ1) is 9.97. The van der Waals surface area contributed by atoms with E-state index in [9.17, 15) is 0 Å². The van der Waals surface area contributed by atoms with Crippen LogP contribution in [-0.2, 0) is 9.59 Å². The summed E-state index contributed by atoms with van der Waals surface area (Å²) in [5.74, 6) is -2.44. The number of carboxylic acid groups (broad SMARTS) is 2. The second-order valence-corrected chi connectivity index (χ2v) is 5.81. The van der Waals surface area contributed by atoms with Gasteiger partial charge in [-0.25, -0.2) is 9.59 Å². The van der Waals surface area contributed by atoms with E-state index >= 15 is 0 Å². The SMILES string of the molecule is Cc1ccc(C2CN3CCSC3=N2)cc1.O=C(O)C(=O)O. The molecule has 2 N–H and O–H groups in total. The first-order valence-corrected chi connectivity index (χ1v) is 7.44. The summed E-state index contributed by atoms with van der Waals surface area (Å²) in [5.41, 5.74) is 2.67. The fourth-order valence-corrected chi connectivity index (χ4v) is 3.12. The van der Waals surface area contributed by atoms with Crippen molar-refractivity contribution in [2.45, 2.75) is 13.0 Å². The first-order valence-electron chi connectivity index (χ1n) is 6.45. The Bertz CT molecular complexity index is 559. The third-order valence-electron chi connectivity index (χ3n) is 3.17. The summed E-state index contributed by atoms with van der Waals surface area (Å²) < 4.78 is 0. The number of carboxylic acids is 2. The second-order valence-electron chi connectivity index (χ2n) is 4.74. The van der Waals surface area contributed by atoms with Crippen LogP contribution in [0.4, 0.5) is 0 Å². The normalized spacial score (nSPS) is 19.4. The molecule has 1 fully saturated rings. The van der Waals surface area contributed by atoms with Crippen molar-refractivity contribution in [3.05, 3.63) is 35.4 Å². The molecule has 1 aromatic rings. The number of thioether (sulfide) groups is 1. The lowest BCUT2D eigenvalue weighted by molar-refractivity contribution is -0.159. The fourth-order valence-electron chi connectivity index (χ4n) is 2.07. The number of aryl methyl sites for hydroxylation is 1. The molecule has 0 radical (unpaired) electrons. The highest BCUT2D eigenvalue weighted by Gasteiger charge is 2.29. The number of aliphatic carboxylic acids is 2. The van der Waals surface area contributed by atoms with E-state index in [1.165, 1.54) is 28.6 Å². The molecular weight excluding hydrogens is 292 g/mol. The van der Waals surface area contributed by atoms with Crippen LogP contribution in [0.25, 0.3) is 0 Å². The van der Waals surface area contributed by atoms with Gasteiger partial charge in [-0.15, -0.1) is 0 Å². The number of fused-ring (bicyclic) bond motifs is 1. The molecule has 0 aliphatic carbocycles. The summed E-state index contributed by atoms with van der Waals surface area (Å²) >= 11 is 1.89. The first kappa shape index (κ1) is 15.4. The number of hydrogen-bond acceptors (Lipinski definition) is 5. The Morgan fingerprint density at radius 1 is 1.24 bits per heavy atom. The number of benzene rings is 1. The summed E-state index contributed by atoms with van der Waals surface area (Å²) in [5, 5.41) is 16.0. The zero-order chi connectivity index (χ0) is 15.4. The molecule has 1 aromatic carbocycles. The molecule has 112 valence electrons. The van der Waals surface area contributed by atoms with Crippen LogP contribution >= 0.6 is 11.8 Å². The summed E-state index contributed by atoms with van der Waals surface area (Å²) in [6.07, 6.45) is 0. The summed E-state index contributed by atoms with van der Waals surface area (Å²) in [6, 6.07) is 9.12. The average Bonchev–Trinajstić information content (AvgIpc) is 3.01. The lowest BCUT2D eigenvalue weighted by atomic mass is 10.1. The molecule has 1 atom stereocenters. The Morgan fingerprint density at radius 3 is 2.38 bits per heavy atom. The highest BCUT2D eigenvalue weighted by molar-refractivity contribution is 8.14. The van der Waals surface area contributed by atoms with Crippen molar-refractivity contribution in [3.63, 3.8) is 0 Å². The molecule has 2 aliphatic heterocycles. The maximum Gasteiger partial charge on any atom is 0.414 e. The van der Waals surface area contributed by atoms with Crippen LogP contribution in [0.5, 0.6) is 0 Å². The van der Waals surface area contributed by atoms with Gasteiger partial charge in [0.2, 0.25) is 0 Å². The van der Waals surface area contributed by atoms with E-state index in [-0.39, 0.29) is 0 Å². The van der Waals surface area contributed by atoms with Crippen molar-refractivity contribution < 1.29 is 19.8 Å². The van der Waals surface area contributed by atoms with E-state index in [0.29, 0.717) is 6.04 Å². The topological polar surface area (TPSA) is 90.2 Å². The minimum absolute atomic E-state index is 0.369. The fraction of sp³-hybridized carbons (Fsp3) is 0.357. The minimum atomic E-state index is -1.82. The van der Waals surface area contributed by atoms with Gasteiger partial charge in [0.15, 0.2) is 5.17 Å². The number of amidine groups is 1. The predicted molar refractivity (Wildman–Crippen MR) is 80.7 cm³/mol. The highest BCUT2D eigenvalue weighted by atomic mass is 32.2. The lowest BCUT2D eigenvalue weighted by Crippen LogP contribution is -2.21. The molecule has 1 unspecified atom stereocenters. The van der Waals surface area contributed by atoms with Crippen LogP contribution in [0.15, 0.2) is 29.3 Å². The Hall–Kier alpha value is -2.02. The molecule has 3 rings (SSSR count). The van der Waals surface area contributed by atoms with Gasteiger partial charge in [0.05, 0.1) is 6.04 Å². The largest absolute Gasteiger partial charge is 0.473 e. The number of hydrogen-bond donors (Lipinski definition) is 2. The second kappa shape index (κ2) is 6.62. The Labute approximate surface area is 126 Å². The van der Waals surface area contributed by atoms with Crippen LogP contribution in [-0.4, -0.2) is 51.1 Å². The van der Waals surface area contributed by atoms with E-state index in [0.717, 1.165) is 6.54 Å². The van der Waals surface area contributed by atoms with Gasteiger partial charge in [0.25, 0.3) is 0 Å². The summed E-state index contributed by atoms with van der Waals surface area (Å²) in [4.78, 5) is 25.4. The minimum Gasteiger partial charge on any atom is -0.473 e. The van der Waals surface area contributed by atoms with Gasteiger partial charge in [-0.2, -0.15) is 0 Å². The standard InChI is InChI=1S/C12H14N2S.C2H2O4/c1-9-2-4-10(5-3-9)11-8-14-6-7-15-12(14)13-11;3-1(4)2(5)6/h2-5,11H,6-8H2,1H3;(H,3,4)(H,5,6). The molecule has 0 bridgehead atoms. The van der Waals surface area contributed by atoms with E-state index in [1.54, 1.807) is 0 Å². The maximum absolute atomic E-state index is 9.10. The molecule has 0 saturated carbocycles. The van der Waals surface area contributed by atoms with Gasteiger partial charge < -0.3 is 15.1 Å². The van der Waals surface area contributed by atoms with E-state index in [1.807, 2.05) is 11.8 Å². The quantitative estimate of drug-likeness (QED) is 0.766. The van der Waals surface area contributed by atoms with Gasteiger partial charge in [0, 0.05) is 18.8 Å². The molecule has 2 heterocycles. The molecule has 21 heavy (non-hydrogen) atoms. The smallest absolute Gasteiger partial charge is 0.414 e. The number of carbonyl (C=O) groups is 2. The lowest BCUT2D eigenvalue weighted by Gasteiger charge is -2.12. The van der Waals surface area contributed by atoms with Gasteiger partial charge in [0.1, 0.15) is 0 Å². The van der Waals surface area contributed by atoms with E-state index < -0.39 is 11.9 Å². The summed E-state index contributed by atoms with van der Waals surface area (Å²) in [7, 11) is 0. The number of nitrogens with zero attached hydrogens (tertiary/aromatic N) is 2. The van der Waals surface area contributed by atoms with Crippen LogP contribution in [0.3, 0.4) is 0 Å². The van der Waals surface area contributed by atoms with E-state index in [2.05, 4.69) is 36.1 Å². The zero-order valence-corrected chi connectivity index (χ0v) is 12.3. The molecule has 7 heteroatoms. The van der Waals surface area contributed by atoms with Crippen molar-refractivity contribution in [1.29, 1.82) is 0 Å². The molecule has 2 aliphatic rings. The van der Waals surface area contributed by atoms with Crippen molar-refractivity contribution in [2.75, 3.05) is 18.8 Å². The predicted octanol–water partition coefficient (Wildman–Crippen LogP) is 1.61. The molecule has 6 nitrogen and oxygen atoms in total. The maximum atomic E-state index is 9.10. The number of rotatable bonds is 1. The Kier molecular flexibility index (Phi) is 4.85. The van der Waals surface area contributed by atoms with Crippen molar-refractivity contribution in [2.24, 2.45) is 4.99 Å². The molecule has 0 amide bonds. The van der Waals surface area contributed by atoms with Crippen LogP contribution in [0, 0.1) is 6.92 Å². The van der Waals surface area contributed by atoms with Crippen molar-refractivity contribution >= 4 is 28.9 Å². The third kappa shape index (κ3) is 3.98.